The molecule has 2 fully saturated rings. The van der Waals surface area contributed by atoms with E-state index in [1.807, 2.05) is 16.5 Å². The predicted molar refractivity (Wildman–Crippen MR) is 95.1 cm³/mol. The van der Waals surface area contributed by atoms with Crippen molar-refractivity contribution >= 4 is 6.03 Å². The summed E-state index contributed by atoms with van der Waals surface area (Å²) < 4.78 is 2.02. The molecule has 0 atom stereocenters. The van der Waals surface area contributed by atoms with Crippen molar-refractivity contribution < 1.29 is 4.79 Å². The molecule has 3 heterocycles. The van der Waals surface area contributed by atoms with Crippen LogP contribution in [0.2, 0.25) is 0 Å². The fourth-order valence-electron chi connectivity index (χ4n) is 3.98. The van der Waals surface area contributed by atoms with Crippen LogP contribution in [0.1, 0.15) is 43.5 Å². The lowest BCUT2D eigenvalue weighted by Crippen LogP contribution is -2.49. The molecule has 2 amide bonds. The Bertz CT molecular complexity index is 542. The maximum absolute atomic E-state index is 12.3. The maximum atomic E-state index is 12.3. The summed E-state index contributed by atoms with van der Waals surface area (Å²) in [6.07, 6.45) is 5.85. The Morgan fingerprint density at radius 2 is 1.92 bits per heavy atom. The normalized spacial score (nSPS) is 19.8. The number of nitrogens with zero attached hydrogens (tertiary/aromatic N) is 4. The molecule has 0 aromatic carbocycles. The molecule has 6 nitrogen and oxygen atoms in total. The van der Waals surface area contributed by atoms with Crippen LogP contribution in [-0.4, -0.2) is 64.4 Å². The molecule has 0 saturated carbocycles. The van der Waals surface area contributed by atoms with Gasteiger partial charge >= 0.3 is 6.03 Å². The summed E-state index contributed by atoms with van der Waals surface area (Å²) in [5, 5.41) is 7.52. The minimum Gasteiger partial charge on any atom is -0.338 e. The Morgan fingerprint density at radius 1 is 1.21 bits per heavy atom. The number of hydrogen-bond acceptors (Lipinski definition) is 3. The molecule has 0 radical (unpaired) electrons. The number of carbonyl (C=O) groups excluding carboxylic acids is 1. The molecule has 1 N–H and O–H groups in total. The number of nitrogens with one attached hydrogen (secondary N) is 1. The number of amides is 2. The van der Waals surface area contributed by atoms with Gasteiger partial charge in [-0.3, -0.25) is 4.68 Å². The van der Waals surface area contributed by atoms with E-state index >= 15 is 0 Å². The summed E-state index contributed by atoms with van der Waals surface area (Å²) in [7, 11) is 0. The van der Waals surface area contributed by atoms with Crippen molar-refractivity contribution in [2.24, 2.45) is 0 Å². The van der Waals surface area contributed by atoms with E-state index in [0.717, 1.165) is 44.6 Å². The van der Waals surface area contributed by atoms with Crippen LogP contribution in [0.15, 0.2) is 6.07 Å². The molecule has 134 valence electrons. The average molecular weight is 333 g/mol. The molecule has 2 aliphatic heterocycles. The number of carbonyl (C=O) groups is 1. The molecule has 3 rings (SSSR count). The summed E-state index contributed by atoms with van der Waals surface area (Å²) in [6.45, 7) is 9.95. The van der Waals surface area contributed by atoms with Gasteiger partial charge in [0, 0.05) is 37.9 Å². The van der Waals surface area contributed by atoms with Crippen molar-refractivity contribution in [2.75, 3.05) is 32.7 Å². The van der Waals surface area contributed by atoms with E-state index in [4.69, 9.17) is 0 Å². The summed E-state index contributed by atoms with van der Waals surface area (Å²) >= 11 is 0. The quantitative estimate of drug-likeness (QED) is 0.840. The first-order valence-corrected chi connectivity index (χ1v) is 9.41. The van der Waals surface area contributed by atoms with Gasteiger partial charge in [-0.1, -0.05) is 0 Å². The van der Waals surface area contributed by atoms with Gasteiger partial charge in [0.15, 0.2) is 0 Å². The maximum Gasteiger partial charge on any atom is 0.317 e. The second-order valence-electron chi connectivity index (χ2n) is 7.20. The van der Waals surface area contributed by atoms with Crippen molar-refractivity contribution in [3.8, 4) is 0 Å². The van der Waals surface area contributed by atoms with E-state index in [2.05, 4.69) is 28.3 Å². The summed E-state index contributed by atoms with van der Waals surface area (Å²) in [4.78, 5) is 16.9. The zero-order chi connectivity index (χ0) is 16.9. The standard InChI is InChI=1S/C18H31N5O/c1-15-14-16(2)23(20-15)11-5-8-19-18(24)22-12-6-17(7-13-22)21-9-3-4-10-21/h14,17H,3-13H2,1-2H3,(H,19,24). The van der Waals surface area contributed by atoms with E-state index in [9.17, 15) is 4.79 Å². The third-order valence-corrected chi connectivity index (χ3v) is 5.34. The van der Waals surface area contributed by atoms with Gasteiger partial charge < -0.3 is 15.1 Å². The zero-order valence-electron chi connectivity index (χ0n) is 15.1. The summed E-state index contributed by atoms with van der Waals surface area (Å²) in [5.74, 6) is 0. The van der Waals surface area contributed by atoms with E-state index in [1.54, 1.807) is 0 Å². The molecular weight excluding hydrogens is 302 g/mol. The van der Waals surface area contributed by atoms with Crippen LogP contribution in [0.25, 0.3) is 0 Å². The van der Waals surface area contributed by atoms with Crippen LogP contribution >= 0.6 is 0 Å². The fraction of sp³-hybridized carbons (Fsp3) is 0.778. The van der Waals surface area contributed by atoms with Crippen LogP contribution in [0.3, 0.4) is 0 Å². The number of aromatic nitrogens is 2. The number of rotatable bonds is 5. The van der Waals surface area contributed by atoms with E-state index < -0.39 is 0 Å². The Labute approximate surface area is 145 Å². The van der Waals surface area contributed by atoms with Crippen molar-refractivity contribution in [1.29, 1.82) is 0 Å². The monoisotopic (exact) mass is 333 g/mol. The molecule has 2 saturated heterocycles. The summed E-state index contributed by atoms with van der Waals surface area (Å²) in [6, 6.07) is 2.88. The van der Waals surface area contributed by atoms with Gasteiger partial charge in [0.05, 0.1) is 5.69 Å². The highest BCUT2D eigenvalue weighted by molar-refractivity contribution is 5.74. The predicted octanol–water partition coefficient (Wildman–Crippen LogP) is 2.16. The molecular formula is C18H31N5O. The van der Waals surface area contributed by atoms with Gasteiger partial charge in [-0.05, 0) is 65.1 Å². The van der Waals surface area contributed by atoms with Gasteiger partial charge in [-0.2, -0.15) is 5.10 Å². The van der Waals surface area contributed by atoms with Crippen LogP contribution < -0.4 is 5.32 Å². The first-order chi connectivity index (χ1) is 11.6. The number of likely N-dealkylation sites (tertiary alicyclic amines) is 2. The molecule has 0 unspecified atom stereocenters. The van der Waals surface area contributed by atoms with E-state index in [1.165, 1.54) is 31.6 Å². The second-order valence-corrected chi connectivity index (χ2v) is 7.20. The highest BCUT2D eigenvalue weighted by atomic mass is 16.2. The van der Waals surface area contributed by atoms with Crippen molar-refractivity contribution in [2.45, 2.75) is 58.5 Å². The molecule has 2 aliphatic rings. The topological polar surface area (TPSA) is 53.4 Å². The first-order valence-electron chi connectivity index (χ1n) is 9.41. The fourth-order valence-corrected chi connectivity index (χ4v) is 3.98. The van der Waals surface area contributed by atoms with Gasteiger partial charge in [-0.25, -0.2) is 4.79 Å². The zero-order valence-corrected chi connectivity index (χ0v) is 15.1. The van der Waals surface area contributed by atoms with Crippen LogP contribution in [0, 0.1) is 13.8 Å². The Balaban J connectivity index is 1.33. The number of hydrogen-bond donors (Lipinski definition) is 1. The molecule has 0 bridgehead atoms. The molecule has 1 aromatic heterocycles. The molecule has 24 heavy (non-hydrogen) atoms. The first kappa shape index (κ1) is 17.3. The Kier molecular flexibility index (Phi) is 5.76. The van der Waals surface area contributed by atoms with Crippen LogP contribution in [0.5, 0.6) is 0 Å². The number of aryl methyl sites for hydroxylation is 3. The smallest absolute Gasteiger partial charge is 0.317 e. The number of piperidine rings is 1. The molecule has 0 aliphatic carbocycles. The molecule has 6 heteroatoms. The average Bonchev–Trinajstić information content (AvgIpc) is 3.21. The van der Waals surface area contributed by atoms with Crippen molar-refractivity contribution in [3.63, 3.8) is 0 Å². The van der Waals surface area contributed by atoms with Crippen molar-refractivity contribution in [3.05, 3.63) is 17.5 Å². The minimum atomic E-state index is 0.100. The van der Waals surface area contributed by atoms with Gasteiger partial charge in [-0.15, -0.1) is 0 Å². The highest BCUT2D eigenvalue weighted by Gasteiger charge is 2.27. The lowest BCUT2D eigenvalue weighted by atomic mass is 10.0. The van der Waals surface area contributed by atoms with Crippen molar-refractivity contribution in [1.82, 2.24) is 24.9 Å². The van der Waals surface area contributed by atoms with Gasteiger partial charge in [0.25, 0.3) is 0 Å². The summed E-state index contributed by atoms with van der Waals surface area (Å²) in [5.41, 5.74) is 2.24. The van der Waals surface area contributed by atoms with Crippen LogP contribution in [-0.2, 0) is 6.54 Å². The molecule has 0 spiro atoms. The largest absolute Gasteiger partial charge is 0.338 e. The Morgan fingerprint density at radius 3 is 2.54 bits per heavy atom. The third kappa shape index (κ3) is 4.29. The minimum absolute atomic E-state index is 0.100. The van der Waals surface area contributed by atoms with E-state index in [0.29, 0.717) is 12.6 Å². The van der Waals surface area contributed by atoms with Gasteiger partial charge in [0.1, 0.15) is 0 Å². The SMILES string of the molecule is Cc1cc(C)n(CCCNC(=O)N2CCC(N3CCCC3)CC2)n1. The number of urea groups is 1. The third-order valence-electron chi connectivity index (χ3n) is 5.34. The molecule has 1 aromatic rings. The Hall–Kier alpha value is -1.56. The lowest BCUT2D eigenvalue weighted by Gasteiger charge is -2.36. The van der Waals surface area contributed by atoms with E-state index in [-0.39, 0.29) is 6.03 Å². The lowest BCUT2D eigenvalue weighted by molar-refractivity contribution is 0.134. The van der Waals surface area contributed by atoms with Crippen LogP contribution in [0.4, 0.5) is 4.79 Å². The second kappa shape index (κ2) is 8.01. The van der Waals surface area contributed by atoms with Gasteiger partial charge in [0.2, 0.25) is 0 Å². The highest BCUT2D eigenvalue weighted by Crippen LogP contribution is 2.20.